The van der Waals surface area contributed by atoms with Crippen molar-refractivity contribution in [2.24, 2.45) is 5.92 Å². The van der Waals surface area contributed by atoms with Gasteiger partial charge in [0, 0.05) is 23.5 Å². The third-order valence-electron chi connectivity index (χ3n) is 5.05. The molecule has 35 heavy (non-hydrogen) atoms. The molecule has 4 N–H and O–H groups in total. The molecular formula is C25H36N4O6. The van der Waals surface area contributed by atoms with E-state index in [1.807, 2.05) is 38.1 Å². The van der Waals surface area contributed by atoms with E-state index in [-0.39, 0.29) is 18.9 Å². The van der Waals surface area contributed by atoms with Crippen LogP contribution in [0, 0.1) is 5.92 Å². The summed E-state index contributed by atoms with van der Waals surface area (Å²) in [4.78, 5) is 53.0. The van der Waals surface area contributed by atoms with Crippen molar-refractivity contribution < 1.29 is 28.7 Å². The van der Waals surface area contributed by atoms with Crippen LogP contribution in [0.25, 0.3) is 10.9 Å². The molecule has 10 nitrogen and oxygen atoms in total. The SMILES string of the molecule is COC(=O)[C@H](Cc1c[nH]c2ccccc12)NC(=O)[C@H](CC(C)C)NC(=O)CNC(=O)OC(C)(C)C. The van der Waals surface area contributed by atoms with Gasteiger partial charge >= 0.3 is 12.1 Å². The zero-order valence-electron chi connectivity index (χ0n) is 21.2. The van der Waals surface area contributed by atoms with E-state index in [1.165, 1.54) is 7.11 Å². The van der Waals surface area contributed by atoms with E-state index in [9.17, 15) is 19.2 Å². The summed E-state index contributed by atoms with van der Waals surface area (Å²) in [7, 11) is 1.26. The van der Waals surface area contributed by atoms with E-state index >= 15 is 0 Å². The molecule has 192 valence electrons. The molecule has 2 rings (SSSR count). The number of methoxy groups -OCH3 is 1. The zero-order valence-corrected chi connectivity index (χ0v) is 21.2. The average Bonchev–Trinajstić information content (AvgIpc) is 3.17. The van der Waals surface area contributed by atoms with Crippen molar-refractivity contribution in [1.29, 1.82) is 0 Å². The fourth-order valence-electron chi connectivity index (χ4n) is 3.54. The Morgan fingerprint density at radius 2 is 1.71 bits per heavy atom. The van der Waals surface area contributed by atoms with Crippen LogP contribution in [0.1, 0.15) is 46.6 Å². The minimum Gasteiger partial charge on any atom is -0.467 e. The van der Waals surface area contributed by atoms with Gasteiger partial charge in [-0.3, -0.25) is 9.59 Å². The van der Waals surface area contributed by atoms with Crippen molar-refractivity contribution in [1.82, 2.24) is 20.9 Å². The van der Waals surface area contributed by atoms with E-state index in [0.717, 1.165) is 16.5 Å². The van der Waals surface area contributed by atoms with Crippen LogP contribution in [0.2, 0.25) is 0 Å². The van der Waals surface area contributed by atoms with Crippen molar-refractivity contribution >= 4 is 34.8 Å². The van der Waals surface area contributed by atoms with Crippen LogP contribution < -0.4 is 16.0 Å². The van der Waals surface area contributed by atoms with Gasteiger partial charge in [-0.2, -0.15) is 0 Å². The summed E-state index contributed by atoms with van der Waals surface area (Å²) in [6, 6.07) is 5.79. The standard InChI is InChI=1S/C25H36N4O6/c1-15(2)11-19(28-21(30)14-27-24(33)35-25(3,4)5)22(31)29-20(23(32)34-6)12-16-13-26-18-10-8-7-9-17(16)18/h7-10,13,15,19-20,26H,11-12,14H2,1-6H3,(H,27,33)(H,28,30)(H,29,31)/t19-,20-/m0/s1. The van der Waals surface area contributed by atoms with E-state index in [0.29, 0.717) is 6.42 Å². The zero-order chi connectivity index (χ0) is 26.2. The number of alkyl carbamates (subject to hydrolysis) is 1. The Morgan fingerprint density at radius 1 is 1.03 bits per heavy atom. The maximum absolute atomic E-state index is 13.1. The highest BCUT2D eigenvalue weighted by Crippen LogP contribution is 2.19. The van der Waals surface area contributed by atoms with Crippen LogP contribution in [0.4, 0.5) is 4.79 Å². The number of carbonyl (C=O) groups excluding carboxylic acids is 4. The van der Waals surface area contributed by atoms with Gasteiger partial charge in [-0.15, -0.1) is 0 Å². The molecule has 0 spiro atoms. The number of para-hydroxylation sites is 1. The molecule has 0 saturated carbocycles. The molecule has 0 radical (unpaired) electrons. The Bertz CT molecular complexity index is 1040. The molecule has 0 bridgehead atoms. The lowest BCUT2D eigenvalue weighted by molar-refractivity contribution is -0.145. The number of hydrogen-bond acceptors (Lipinski definition) is 6. The average molecular weight is 489 g/mol. The van der Waals surface area contributed by atoms with Gasteiger partial charge in [0.1, 0.15) is 24.2 Å². The van der Waals surface area contributed by atoms with Crippen molar-refractivity contribution in [3.05, 3.63) is 36.0 Å². The number of nitrogens with one attached hydrogen (secondary N) is 4. The van der Waals surface area contributed by atoms with Crippen LogP contribution in [0.5, 0.6) is 0 Å². The number of amides is 3. The Kier molecular flexibility index (Phi) is 9.68. The lowest BCUT2D eigenvalue weighted by atomic mass is 10.0. The molecule has 2 aromatic rings. The van der Waals surface area contributed by atoms with Crippen LogP contribution in [-0.2, 0) is 30.3 Å². The maximum atomic E-state index is 13.1. The number of hydrogen-bond donors (Lipinski definition) is 4. The third-order valence-corrected chi connectivity index (χ3v) is 5.05. The highest BCUT2D eigenvalue weighted by molar-refractivity contribution is 5.92. The molecule has 0 aliphatic heterocycles. The molecule has 10 heteroatoms. The normalized spacial score (nSPS) is 13.1. The minimum atomic E-state index is -0.946. The monoisotopic (exact) mass is 488 g/mol. The molecule has 0 unspecified atom stereocenters. The second kappa shape index (κ2) is 12.2. The molecule has 1 heterocycles. The maximum Gasteiger partial charge on any atom is 0.408 e. The lowest BCUT2D eigenvalue weighted by Crippen LogP contribution is -2.54. The summed E-state index contributed by atoms with van der Waals surface area (Å²) >= 11 is 0. The van der Waals surface area contributed by atoms with E-state index in [1.54, 1.807) is 27.0 Å². The first-order valence-corrected chi connectivity index (χ1v) is 11.6. The largest absolute Gasteiger partial charge is 0.467 e. The highest BCUT2D eigenvalue weighted by atomic mass is 16.6. The van der Waals surface area contributed by atoms with Crippen molar-refractivity contribution in [2.75, 3.05) is 13.7 Å². The quantitative estimate of drug-likeness (QED) is 0.379. The van der Waals surface area contributed by atoms with E-state index in [2.05, 4.69) is 20.9 Å². The van der Waals surface area contributed by atoms with E-state index in [4.69, 9.17) is 9.47 Å². The number of benzene rings is 1. The Hall–Kier alpha value is -3.56. The minimum absolute atomic E-state index is 0.0788. The predicted octanol–water partition coefficient (Wildman–Crippen LogP) is 2.42. The number of esters is 1. The molecule has 0 aliphatic rings. The molecule has 0 aliphatic carbocycles. The fourth-order valence-corrected chi connectivity index (χ4v) is 3.54. The van der Waals surface area contributed by atoms with Gasteiger partial charge in [-0.25, -0.2) is 9.59 Å². The first-order valence-electron chi connectivity index (χ1n) is 11.6. The summed E-state index contributed by atoms with van der Waals surface area (Å²) in [5, 5.41) is 8.67. The first-order chi connectivity index (χ1) is 16.4. The Balaban J connectivity index is 2.07. The summed E-state index contributed by atoms with van der Waals surface area (Å²) in [6.07, 6.45) is 1.61. The van der Waals surface area contributed by atoms with Crippen LogP contribution in [0.3, 0.4) is 0 Å². The van der Waals surface area contributed by atoms with E-state index < -0.39 is 41.6 Å². The number of H-pyrrole nitrogens is 1. The topological polar surface area (TPSA) is 139 Å². The number of ether oxygens (including phenoxy) is 2. The molecule has 2 atom stereocenters. The van der Waals surface area contributed by atoms with Gasteiger partial charge < -0.3 is 30.4 Å². The van der Waals surface area contributed by atoms with Crippen LogP contribution in [0.15, 0.2) is 30.5 Å². The smallest absolute Gasteiger partial charge is 0.408 e. The second-order valence-corrected chi connectivity index (χ2v) is 9.75. The van der Waals surface area contributed by atoms with Crippen LogP contribution in [-0.4, -0.2) is 60.2 Å². The molecule has 3 amide bonds. The van der Waals surface area contributed by atoms with Gasteiger partial charge in [0.2, 0.25) is 11.8 Å². The number of carbonyl (C=O) groups is 4. The number of fused-ring (bicyclic) bond motifs is 1. The van der Waals surface area contributed by atoms with Gasteiger partial charge in [-0.05, 0) is 44.7 Å². The predicted molar refractivity (Wildman–Crippen MR) is 132 cm³/mol. The van der Waals surface area contributed by atoms with Gasteiger partial charge in [0.15, 0.2) is 0 Å². The van der Waals surface area contributed by atoms with Gasteiger partial charge in [0.05, 0.1) is 7.11 Å². The summed E-state index contributed by atoms with van der Waals surface area (Å²) in [5.41, 5.74) is 1.07. The highest BCUT2D eigenvalue weighted by Gasteiger charge is 2.29. The lowest BCUT2D eigenvalue weighted by Gasteiger charge is -2.24. The summed E-state index contributed by atoms with van der Waals surface area (Å²) in [5.74, 6) is -1.58. The first kappa shape index (κ1) is 27.7. The van der Waals surface area contributed by atoms with Crippen molar-refractivity contribution in [2.45, 2.75) is 65.1 Å². The Morgan fingerprint density at radius 3 is 2.34 bits per heavy atom. The molecule has 1 aromatic heterocycles. The Labute approximate surface area is 205 Å². The molecule has 0 fully saturated rings. The molecular weight excluding hydrogens is 452 g/mol. The number of aromatic amines is 1. The van der Waals surface area contributed by atoms with Gasteiger partial charge in [0.25, 0.3) is 0 Å². The summed E-state index contributed by atoms with van der Waals surface area (Å²) in [6.45, 7) is 8.60. The van der Waals surface area contributed by atoms with Crippen LogP contribution >= 0.6 is 0 Å². The number of aromatic nitrogens is 1. The summed E-state index contributed by atoms with van der Waals surface area (Å²) < 4.78 is 10.0. The fraction of sp³-hybridized carbons (Fsp3) is 0.520. The van der Waals surface area contributed by atoms with Crippen molar-refractivity contribution in [3.8, 4) is 0 Å². The third kappa shape index (κ3) is 8.95. The van der Waals surface area contributed by atoms with Crippen molar-refractivity contribution in [3.63, 3.8) is 0 Å². The molecule has 1 aromatic carbocycles. The van der Waals surface area contributed by atoms with Gasteiger partial charge in [-0.1, -0.05) is 32.0 Å². The second-order valence-electron chi connectivity index (χ2n) is 9.75. The molecule has 0 saturated heterocycles. The number of rotatable bonds is 10.